The van der Waals surface area contributed by atoms with Crippen LogP contribution in [0.15, 0.2) is 30.3 Å². The van der Waals surface area contributed by atoms with E-state index in [0.29, 0.717) is 12.2 Å². The lowest BCUT2D eigenvalue weighted by Gasteiger charge is -2.07. The smallest absolute Gasteiger partial charge is 0.311 e. The number of allylic oxidation sites excluding steroid dienone is 1. The molecule has 0 saturated carbocycles. The van der Waals surface area contributed by atoms with Gasteiger partial charge >= 0.3 is 5.97 Å². The molecule has 79 valence electrons. The van der Waals surface area contributed by atoms with E-state index in [-0.39, 0.29) is 5.97 Å². The molecule has 0 amide bonds. The van der Waals surface area contributed by atoms with Gasteiger partial charge in [-0.3, -0.25) is 4.79 Å². The summed E-state index contributed by atoms with van der Waals surface area (Å²) in [7, 11) is 0. The second-order valence-electron chi connectivity index (χ2n) is 3.17. The zero-order chi connectivity index (χ0) is 11.1. The molecule has 0 saturated heterocycles. The van der Waals surface area contributed by atoms with Crippen molar-refractivity contribution in [3.05, 3.63) is 42.0 Å². The summed E-state index contributed by atoms with van der Waals surface area (Å²) in [6, 6.07) is 9.52. The Labute approximate surface area is 90.6 Å². The minimum Gasteiger partial charge on any atom is -0.426 e. The third kappa shape index (κ3) is 3.58. The van der Waals surface area contributed by atoms with Crippen molar-refractivity contribution in [2.45, 2.75) is 26.7 Å². The van der Waals surface area contributed by atoms with Gasteiger partial charge in [0.05, 0.1) is 0 Å². The first-order chi connectivity index (χ1) is 7.27. The van der Waals surface area contributed by atoms with Crippen molar-refractivity contribution < 1.29 is 9.53 Å². The van der Waals surface area contributed by atoms with Crippen LogP contribution in [0.4, 0.5) is 0 Å². The van der Waals surface area contributed by atoms with Crippen LogP contribution < -0.4 is 0 Å². The Morgan fingerprint density at radius 3 is 2.53 bits per heavy atom. The van der Waals surface area contributed by atoms with Crippen LogP contribution in [0.5, 0.6) is 0 Å². The Hall–Kier alpha value is -1.57. The second kappa shape index (κ2) is 6.02. The third-order valence-corrected chi connectivity index (χ3v) is 1.93. The van der Waals surface area contributed by atoms with Crippen LogP contribution in [0.3, 0.4) is 0 Å². The van der Waals surface area contributed by atoms with E-state index in [1.165, 1.54) is 0 Å². The quantitative estimate of drug-likeness (QED) is 0.555. The molecule has 2 nitrogen and oxygen atoms in total. The topological polar surface area (TPSA) is 26.3 Å². The molecule has 0 aromatic heterocycles. The Morgan fingerprint density at radius 2 is 2.00 bits per heavy atom. The monoisotopic (exact) mass is 203 g/mol. The highest BCUT2D eigenvalue weighted by molar-refractivity contribution is 5.77. The zero-order valence-electron chi connectivity index (χ0n) is 9.12. The van der Waals surface area contributed by atoms with Gasteiger partial charge in [0.25, 0.3) is 0 Å². The number of hydrogen-bond acceptors (Lipinski definition) is 2. The van der Waals surface area contributed by atoms with E-state index in [0.717, 1.165) is 12.0 Å². The number of ether oxygens (including phenoxy) is 1. The summed E-state index contributed by atoms with van der Waals surface area (Å²) in [6.45, 7) is 3.68. The number of benzene rings is 1. The van der Waals surface area contributed by atoms with E-state index < -0.39 is 0 Å². The summed E-state index contributed by atoms with van der Waals surface area (Å²) in [5.41, 5.74) is 0.879. The van der Waals surface area contributed by atoms with Crippen LogP contribution in [0, 0.1) is 6.08 Å². The standard InChI is InChI=1S/C13H15O2/c1-3-8-13(14)15-12(4-2)11-9-6-5-7-10-11/h5-7,9-10H,3,8H2,1-2H3. The summed E-state index contributed by atoms with van der Waals surface area (Å²) in [6.07, 6.45) is 4.12. The summed E-state index contributed by atoms with van der Waals surface area (Å²) < 4.78 is 5.19. The van der Waals surface area contributed by atoms with Gasteiger partial charge in [0.1, 0.15) is 5.76 Å². The molecule has 0 aliphatic rings. The molecule has 1 rings (SSSR count). The first-order valence-electron chi connectivity index (χ1n) is 5.08. The van der Waals surface area contributed by atoms with E-state index >= 15 is 0 Å². The van der Waals surface area contributed by atoms with E-state index in [1.807, 2.05) is 37.3 Å². The predicted octanol–water partition coefficient (Wildman–Crippen LogP) is 3.19. The highest BCUT2D eigenvalue weighted by Crippen LogP contribution is 2.15. The minimum absolute atomic E-state index is 0.203. The second-order valence-corrected chi connectivity index (χ2v) is 3.17. The lowest BCUT2D eigenvalue weighted by atomic mass is 10.2. The maximum atomic E-state index is 11.3. The van der Waals surface area contributed by atoms with Gasteiger partial charge in [-0.2, -0.15) is 0 Å². The Morgan fingerprint density at radius 1 is 1.33 bits per heavy atom. The largest absolute Gasteiger partial charge is 0.426 e. The van der Waals surface area contributed by atoms with Crippen LogP contribution >= 0.6 is 0 Å². The Kier molecular flexibility index (Phi) is 4.61. The van der Waals surface area contributed by atoms with Gasteiger partial charge in [-0.05, 0) is 19.4 Å². The van der Waals surface area contributed by atoms with Crippen molar-refractivity contribution in [1.29, 1.82) is 0 Å². The number of rotatable bonds is 4. The maximum absolute atomic E-state index is 11.3. The molecule has 0 spiro atoms. The molecule has 1 aromatic carbocycles. The molecule has 0 heterocycles. The fraction of sp³-hybridized carbons (Fsp3) is 0.308. The molecule has 0 atom stereocenters. The Bertz CT molecular complexity index is 339. The van der Waals surface area contributed by atoms with E-state index in [4.69, 9.17) is 4.74 Å². The van der Waals surface area contributed by atoms with Crippen LogP contribution in [0.2, 0.25) is 0 Å². The molecule has 15 heavy (non-hydrogen) atoms. The number of carbonyl (C=O) groups is 1. The van der Waals surface area contributed by atoms with Crippen molar-refractivity contribution in [2.24, 2.45) is 0 Å². The molecule has 0 bridgehead atoms. The van der Waals surface area contributed by atoms with Crippen molar-refractivity contribution in [1.82, 2.24) is 0 Å². The van der Waals surface area contributed by atoms with Crippen molar-refractivity contribution >= 4 is 11.7 Å². The van der Waals surface area contributed by atoms with Gasteiger partial charge in [0.2, 0.25) is 0 Å². The average molecular weight is 203 g/mol. The highest BCUT2D eigenvalue weighted by atomic mass is 16.5. The fourth-order valence-electron chi connectivity index (χ4n) is 1.21. The third-order valence-electron chi connectivity index (χ3n) is 1.93. The van der Waals surface area contributed by atoms with Crippen LogP contribution in [-0.2, 0) is 9.53 Å². The van der Waals surface area contributed by atoms with E-state index in [1.54, 1.807) is 6.92 Å². The lowest BCUT2D eigenvalue weighted by Crippen LogP contribution is -2.03. The molecule has 0 fully saturated rings. The van der Waals surface area contributed by atoms with Crippen molar-refractivity contribution in [3.8, 4) is 0 Å². The molecule has 0 aliphatic heterocycles. The minimum atomic E-state index is -0.203. The van der Waals surface area contributed by atoms with Gasteiger partial charge in [0, 0.05) is 12.0 Å². The molecular formula is C13H15O2. The summed E-state index contributed by atoms with van der Waals surface area (Å²) in [5, 5.41) is 0. The summed E-state index contributed by atoms with van der Waals surface area (Å²) >= 11 is 0. The molecule has 2 heteroatoms. The van der Waals surface area contributed by atoms with Crippen LogP contribution in [0.1, 0.15) is 32.3 Å². The first-order valence-corrected chi connectivity index (χ1v) is 5.08. The van der Waals surface area contributed by atoms with E-state index in [9.17, 15) is 4.79 Å². The first kappa shape index (κ1) is 11.5. The summed E-state index contributed by atoms with van der Waals surface area (Å²) in [5.74, 6) is 0.305. The summed E-state index contributed by atoms with van der Waals surface area (Å²) in [4.78, 5) is 11.3. The van der Waals surface area contributed by atoms with Gasteiger partial charge in [-0.25, -0.2) is 0 Å². The van der Waals surface area contributed by atoms with Crippen LogP contribution in [0.25, 0.3) is 5.76 Å². The molecule has 1 aromatic rings. The van der Waals surface area contributed by atoms with Crippen LogP contribution in [-0.4, -0.2) is 5.97 Å². The molecule has 0 aliphatic carbocycles. The predicted molar refractivity (Wildman–Crippen MR) is 59.8 cm³/mol. The number of esters is 1. The molecule has 0 N–H and O–H groups in total. The van der Waals surface area contributed by atoms with Gasteiger partial charge in [-0.1, -0.05) is 37.3 Å². The normalized spacial score (nSPS) is 11.2. The molecule has 1 radical (unpaired) electrons. The van der Waals surface area contributed by atoms with Crippen molar-refractivity contribution in [2.75, 3.05) is 0 Å². The maximum Gasteiger partial charge on any atom is 0.311 e. The number of carbonyl (C=O) groups excluding carboxylic acids is 1. The lowest BCUT2D eigenvalue weighted by molar-refractivity contribution is -0.136. The average Bonchev–Trinajstić information content (AvgIpc) is 2.27. The SMILES string of the molecule is C[C]=C(OC(=O)CCC)c1ccccc1. The molecule has 0 unspecified atom stereocenters. The van der Waals surface area contributed by atoms with Gasteiger partial charge in [0.15, 0.2) is 0 Å². The van der Waals surface area contributed by atoms with Gasteiger partial charge in [-0.15, -0.1) is 0 Å². The van der Waals surface area contributed by atoms with Gasteiger partial charge < -0.3 is 4.74 Å². The van der Waals surface area contributed by atoms with E-state index in [2.05, 4.69) is 6.08 Å². The highest BCUT2D eigenvalue weighted by Gasteiger charge is 2.07. The zero-order valence-corrected chi connectivity index (χ0v) is 9.12. The molecular weight excluding hydrogens is 188 g/mol. The Balaban J connectivity index is 2.70. The van der Waals surface area contributed by atoms with Crippen molar-refractivity contribution in [3.63, 3.8) is 0 Å². The fourth-order valence-corrected chi connectivity index (χ4v) is 1.21. The number of hydrogen-bond donors (Lipinski definition) is 0.